The smallest absolute Gasteiger partial charge is 0.228 e. The van der Waals surface area contributed by atoms with Crippen molar-refractivity contribution in [2.75, 3.05) is 0 Å². The highest BCUT2D eigenvalue weighted by Crippen LogP contribution is 2.31. The fraction of sp³-hybridized carbons (Fsp3) is 0.500. The maximum atomic E-state index is 13.8. The lowest BCUT2D eigenvalue weighted by Crippen LogP contribution is -2.55. The van der Waals surface area contributed by atoms with E-state index >= 15 is 0 Å². The first kappa shape index (κ1) is 15.2. The summed E-state index contributed by atoms with van der Waals surface area (Å²) >= 11 is 0. The predicted octanol–water partition coefficient (Wildman–Crippen LogP) is 3.21. The van der Waals surface area contributed by atoms with Gasteiger partial charge < -0.3 is 4.80 Å². The molecule has 6 heteroatoms. The molecule has 0 spiro atoms. The van der Waals surface area contributed by atoms with Crippen molar-refractivity contribution >= 4 is 13.5 Å². The summed E-state index contributed by atoms with van der Waals surface area (Å²) in [5.74, 6) is -6.67. The zero-order valence-electron chi connectivity index (χ0n) is 10.7. The van der Waals surface area contributed by atoms with E-state index in [0.29, 0.717) is 6.07 Å². The second-order valence-corrected chi connectivity index (χ2v) is 9.48. The van der Waals surface area contributed by atoms with E-state index in [1.165, 1.54) is 0 Å². The van der Waals surface area contributed by atoms with Crippen LogP contribution in [-0.4, -0.2) is 13.1 Å². The fourth-order valence-electron chi connectivity index (χ4n) is 2.15. The molecule has 0 aromatic heterocycles. The first-order valence-electron chi connectivity index (χ1n) is 5.69. The Morgan fingerprint density at radius 3 is 1.72 bits per heavy atom. The average Bonchev–Trinajstić information content (AvgIpc) is 2.29. The molecule has 0 unspecified atom stereocenters. The Bertz CT molecular complexity index is 452. The molecule has 0 heterocycles. The van der Waals surface area contributed by atoms with E-state index in [-0.39, 0.29) is 11.1 Å². The second kappa shape index (κ2) is 5.01. The summed E-state index contributed by atoms with van der Waals surface area (Å²) in [5, 5.41) is -0.413. The first-order valence-corrected chi connectivity index (χ1v) is 7.80. The highest BCUT2D eigenvalue weighted by molar-refractivity contribution is 6.87. The summed E-state index contributed by atoms with van der Waals surface area (Å²) < 4.78 is 53.1. The van der Waals surface area contributed by atoms with Gasteiger partial charge in [-0.3, -0.25) is 0 Å². The minimum Gasteiger partial charge on any atom is -0.427 e. The molecule has 0 aliphatic carbocycles. The SMILES string of the molecule is CC(C)[Si](O)(c1cc(F)c(F)c(F)c1F)C(C)C. The van der Waals surface area contributed by atoms with E-state index in [0.717, 1.165) is 0 Å². The third kappa shape index (κ3) is 2.19. The van der Waals surface area contributed by atoms with Crippen molar-refractivity contribution < 1.29 is 22.4 Å². The minimum atomic E-state index is -3.43. The molecule has 0 bridgehead atoms. The summed E-state index contributed by atoms with van der Waals surface area (Å²) in [7, 11) is -3.43. The lowest BCUT2D eigenvalue weighted by atomic mass is 10.3. The summed E-state index contributed by atoms with van der Waals surface area (Å²) in [6, 6.07) is 0.583. The van der Waals surface area contributed by atoms with Crippen LogP contribution in [0.3, 0.4) is 0 Å². The van der Waals surface area contributed by atoms with Gasteiger partial charge in [-0.1, -0.05) is 27.7 Å². The third-order valence-electron chi connectivity index (χ3n) is 3.29. The molecule has 1 rings (SSSR count). The lowest BCUT2D eigenvalue weighted by molar-refractivity contribution is 0.409. The normalized spacial score (nSPS) is 12.6. The Kier molecular flexibility index (Phi) is 4.22. The van der Waals surface area contributed by atoms with Crippen LogP contribution < -0.4 is 5.19 Å². The minimum absolute atomic E-state index is 0.351. The summed E-state index contributed by atoms with van der Waals surface area (Å²) in [6.07, 6.45) is 0. The maximum absolute atomic E-state index is 13.8. The molecule has 1 nitrogen and oxygen atoms in total. The van der Waals surface area contributed by atoms with E-state index in [1.807, 2.05) is 0 Å². The second-order valence-electron chi connectivity index (χ2n) is 4.98. The molecule has 0 aliphatic heterocycles. The van der Waals surface area contributed by atoms with Gasteiger partial charge in [0.2, 0.25) is 8.32 Å². The molecule has 0 atom stereocenters. The van der Waals surface area contributed by atoms with E-state index in [4.69, 9.17) is 0 Å². The van der Waals surface area contributed by atoms with E-state index < -0.39 is 36.8 Å². The number of hydrogen-bond donors (Lipinski definition) is 1. The summed E-state index contributed by atoms with van der Waals surface area (Å²) in [4.78, 5) is 10.6. The lowest BCUT2D eigenvalue weighted by Gasteiger charge is -2.33. The Balaban J connectivity index is 3.58. The van der Waals surface area contributed by atoms with Gasteiger partial charge in [-0.25, -0.2) is 17.6 Å². The third-order valence-corrected chi connectivity index (χ3v) is 8.04. The van der Waals surface area contributed by atoms with Crippen molar-refractivity contribution in [3.63, 3.8) is 0 Å². The van der Waals surface area contributed by atoms with Gasteiger partial charge in [0.15, 0.2) is 23.3 Å². The molecule has 0 radical (unpaired) electrons. The van der Waals surface area contributed by atoms with Gasteiger partial charge in [-0.15, -0.1) is 0 Å². The Hall–Kier alpha value is -0.883. The molecule has 0 amide bonds. The highest BCUT2D eigenvalue weighted by atomic mass is 28.4. The number of hydrogen-bond acceptors (Lipinski definition) is 1. The molecule has 0 fully saturated rings. The zero-order valence-corrected chi connectivity index (χ0v) is 11.7. The number of benzene rings is 1. The molecule has 0 aliphatic rings. The van der Waals surface area contributed by atoms with Crippen LogP contribution in [0.1, 0.15) is 27.7 Å². The van der Waals surface area contributed by atoms with Gasteiger partial charge in [0.05, 0.1) is 0 Å². The molecule has 102 valence electrons. The molecule has 18 heavy (non-hydrogen) atoms. The number of rotatable bonds is 3. The van der Waals surface area contributed by atoms with Crippen LogP contribution >= 0.6 is 0 Å². The van der Waals surface area contributed by atoms with Gasteiger partial charge in [-0.05, 0) is 17.1 Å². The highest BCUT2D eigenvalue weighted by Gasteiger charge is 2.44. The average molecular weight is 280 g/mol. The van der Waals surface area contributed by atoms with E-state index in [2.05, 4.69) is 0 Å². The molecule has 0 saturated carbocycles. The number of halogens is 4. The van der Waals surface area contributed by atoms with Crippen LogP contribution in [0.15, 0.2) is 6.07 Å². The van der Waals surface area contributed by atoms with Gasteiger partial charge >= 0.3 is 0 Å². The van der Waals surface area contributed by atoms with Crippen molar-refractivity contribution in [1.29, 1.82) is 0 Å². The predicted molar refractivity (Wildman–Crippen MR) is 64.1 cm³/mol. The van der Waals surface area contributed by atoms with Crippen molar-refractivity contribution in [1.82, 2.24) is 0 Å². The Labute approximate surface area is 105 Å². The molecular formula is C12H16F4OSi. The summed E-state index contributed by atoms with van der Waals surface area (Å²) in [5.41, 5.74) is -0.701. The largest absolute Gasteiger partial charge is 0.427 e. The van der Waals surface area contributed by atoms with Crippen molar-refractivity contribution in [2.45, 2.75) is 38.8 Å². The Morgan fingerprint density at radius 1 is 0.889 bits per heavy atom. The zero-order chi connectivity index (χ0) is 14.2. The van der Waals surface area contributed by atoms with E-state index in [1.54, 1.807) is 27.7 Å². The van der Waals surface area contributed by atoms with Crippen LogP contribution in [0.25, 0.3) is 0 Å². The van der Waals surface area contributed by atoms with Gasteiger partial charge in [0.25, 0.3) is 0 Å². The van der Waals surface area contributed by atoms with Crippen LogP contribution in [0.4, 0.5) is 17.6 Å². The Morgan fingerprint density at radius 2 is 1.33 bits per heavy atom. The maximum Gasteiger partial charge on any atom is 0.228 e. The monoisotopic (exact) mass is 280 g/mol. The summed E-state index contributed by atoms with van der Waals surface area (Å²) in [6.45, 7) is 6.63. The first-order chi connectivity index (χ1) is 8.13. The van der Waals surface area contributed by atoms with Crippen LogP contribution in [0.2, 0.25) is 11.1 Å². The fourth-order valence-corrected chi connectivity index (χ4v) is 5.55. The van der Waals surface area contributed by atoms with Gasteiger partial charge in [0, 0.05) is 5.19 Å². The van der Waals surface area contributed by atoms with Gasteiger partial charge in [0.1, 0.15) is 0 Å². The van der Waals surface area contributed by atoms with Gasteiger partial charge in [-0.2, -0.15) is 0 Å². The standard InChI is InChI=1S/C12H16F4OSi/c1-6(2)18(17,7(3)4)9-5-8(13)10(14)12(16)11(9)15/h5-7,17H,1-4H3. The quantitative estimate of drug-likeness (QED) is 0.390. The molecule has 1 aromatic carbocycles. The topological polar surface area (TPSA) is 20.2 Å². The van der Waals surface area contributed by atoms with Crippen LogP contribution in [-0.2, 0) is 0 Å². The van der Waals surface area contributed by atoms with Crippen LogP contribution in [0, 0.1) is 23.3 Å². The molecule has 0 saturated heterocycles. The molecule has 1 N–H and O–H groups in total. The van der Waals surface area contributed by atoms with Crippen molar-refractivity contribution in [3.05, 3.63) is 29.3 Å². The van der Waals surface area contributed by atoms with Crippen LogP contribution in [0.5, 0.6) is 0 Å². The molecule has 1 aromatic rings. The van der Waals surface area contributed by atoms with E-state index in [9.17, 15) is 22.4 Å². The van der Waals surface area contributed by atoms with Crippen molar-refractivity contribution in [3.8, 4) is 0 Å². The molecular weight excluding hydrogens is 264 g/mol. The van der Waals surface area contributed by atoms with Crippen molar-refractivity contribution in [2.24, 2.45) is 0 Å².